The van der Waals surface area contributed by atoms with Crippen molar-refractivity contribution in [2.75, 3.05) is 13.1 Å². The van der Waals surface area contributed by atoms with Gasteiger partial charge in [0.05, 0.1) is 0 Å². The molecule has 0 spiro atoms. The largest absolute Gasteiger partial charge is 0.356 e. The molecule has 5 nitrogen and oxygen atoms in total. The maximum atomic E-state index is 11.8. The highest BCUT2D eigenvalue weighted by Crippen LogP contribution is 2.12. The fraction of sp³-hybridized carbons (Fsp3) is 0.867. The summed E-state index contributed by atoms with van der Waals surface area (Å²) in [7, 11) is 0. The van der Waals surface area contributed by atoms with E-state index in [1.54, 1.807) is 0 Å². The van der Waals surface area contributed by atoms with Gasteiger partial charge in [-0.1, -0.05) is 34.6 Å². The van der Waals surface area contributed by atoms with Crippen molar-refractivity contribution in [3.63, 3.8) is 0 Å². The summed E-state index contributed by atoms with van der Waals surface area (Å²) < 4.78 is 0. The van der Waals surface area contributed by atoms with Gasteiger partial charge in [0.15, 0.2) is 0 Å². The summed E-state index contributed by atoms with van der Waals surface area (Å²) in [6.45, 7) is 10.8. The lowest BCUT2D eigenvalue weighted by Gasteiger charge is -2.19. The van der Waals surface area contributed by atoms with Gasteiger partial charge in [0, 0.05) is 31.0 Å². The smallest absolute Gasteiger partial charge is 0.225 e. The first kappa shape index (κ1) is 18.9. The molecule has 4 N–H and O–H groups in total. The van der Waals surface area contributed by atoms with Crippen molar-refractivity contribution in [2.24, 2.45) is 17.1 Å². The van der Waals surface area contributed by atoms with E-state index in [1.807, 2.05) is 20.8 Å². The molecular weight excluding hydrogens is 254 g/mol. The van der Waals surface area contributed by atoms with Crippen LogP contribution in [-0.4, -0.2) is 30.9 Å². The molecule has 0 rings (SSSR count). The molecule has 0 radical (unpaired) electrons. The number of nitrogens with two attached hydrogens (primary N) is 1. The highest BCUT2D eigenvalue weighted by atomic mass is 16.2. The molecule has 0 aliphatic heterocycles. The van der Waals surface area contributed by atoms with Gasteiger partial charge in [0.25, 0.3) is 0 Å². The van der Waals surface area contributed by atoms with E-state index in [0.717, 1.165) is 6.42 Å². The third-order valence-electron chi connectivity index (χ3n) is 2.95. The molecule has 0 bridgehead atoms. The highest BCUT2D eigenvalue weighted by molar-refractivity contribution is 5.81. The molecule has 0 aromatic carbocycles. The number of carbonyl (C=O) groups excluding carboxylic acids is 2. The minimum absolute atomic E-state index is 0.00566. The normalized spacial score (nSPS) is 13.2. The lowest BCUT2D eigenvalue weighted by molar-refractivity contribution is -0.128. The lowest BCUT2D eigenvalue weighted by atomic mass is 9.96. The third-order valence-corrected chi connectivity index (χ3v) is 2.95. The Balaban J connectivity index is 3.86. The Morgan fingerprint density at radius 3 is 2.25 bits per heavy atom. The van der Waals surface area contributed by atoms with Crippen molar-refractivity contribution in [3.05, 3.63) is 0 Å². The average molecular weight is 285 g/mol. The summed E-state index contributed by atoms with van der Waals surface area (Å²) in [5, 5.41) is 5.77. The van der Waals surface area contributed by atoms with Crippen LogP contribution in [0.15, 0.2) is 0 Å². The zero-order valence-electron chi connectivity index (χ0n) is 13.6. The maximum Gasteiger partial charge on any atom is 0.225 e. The summed E-state index contributed by atoms with van der Waals surface area (Å²) >= 11 is 0. The van der Waals surface area contributed by atoms with Crippen LogP contribution in [-0.2, 0) is 9.59 Å². The molecule has 0 saturated carbocycles. The molecule has 0 aliphatic carbocycles. The van der Waals surface area contributed by atoms with Crippen LogP contribution in [0.4, 0.5) is 0 Å². The number of nitrogens with one attached hydrogen (secondary N) is 2. The quantitative estimate of drug-likeness (QED) is 0.590. The van der Waals surface area contributed by atoms with Crippen molar-refractivity contribution in [2.45, 2.75) is 59.9 Å². The third kappa shape index (κ3) is 8.91. The molecule has 20 heavy (non-hydrogen) atoms. The summed E-state index contributed by atoms with van der Waals surface area (Å²) in [5.74, 6) is 0.526. The molecule has 0 aromatic heterocycles. The first-order chi connectivity index (χ1) is 9.16. The summed E-state index contributed by atoms with van der Waals surface area (Å²) in [6, 6.07) is 0.0478. The number of hydrogen-bond donors (Lipinski definition) is 3. The van der Waals surface area contributed by atoms with Crippen LogP contribution in [0.3, 0.4) is 0 Å². The van der Waals surface area contributed by atoms with Crippen molar-refractivity contribution in [1.29, 1.82) is 0 Å². The molecule has 1 unspecified atom stereocenters. The average Bonchev–Trinajstić information content (AvgIpc) is 2.31. The van der Waals surface area contributed by atoms with Crippen LogP contribution < -0.4 is 16.4 Å². The van der Waals surface area contributed by atoms with Gasteiger partial charge in [0.2, 0.25) is 11.8 Å². The van der Waals surface area contributed by atoms with Crippen LogP contribution in [0.1, 0.15) is 53.9 Å². The van der Waals surface area contributed by atoms with Gasteiger partial charge in [-0.15, -0.1) is 0 Å². The SMILES string of the molecule is CC(C)CC(CN)NC(=O)CCCNC(=O)C(C)(C)C. The Hall–Kier alpha value is -1.10. The topological polar surface area (TPSA) is 84.2 Å². The first-order valence-electron chi connectivity index (χ1n) is 7.44. The Morgan fingerprint density at radius 2 is 1.80 bits per heavy atom. The molecule has 5 heteroatoms. The molecule has 0 heterocycles. The van der Waals surface area contributed by atoms with E-state index in [1.165, 1.54) is 0 Å². The number of amides is 2. The molecule has 118 valence electrons. The molecule has 0 saturated heterocycles. The van der Waals surface area contributed by atoms with Gasteiger partial charge >= 0.3 is 0 Å². The number of carbonyl (C=O) groups is 2. The Morgan fingerprint density at radius 1 is 1.20 bits per heavy atom. The first-order valence-corrected chi connectivity index (χ1v) is 7.44. The zero-order valence-corrected chi connectivity index (χ0v) is 13.6. The van der Waals surface area contributed by atoms with Gasteiger partial charge in [0.1, 0.15) is 0 Å². The number of hydrogen-bond acceptors (Lipinski definition) is 3. The lowest BCUT2D eigenvalue weighted by Crippen LogP contribution is -2.41. The van der Waals surface area contributed by atoms with Crippen molar-refractivity contribution >= 4 is 11.8 Å². The Labute approximate surface area is 123 Å². The van der Waals surface area contributed by atoms with Crippen LogP contribution in [0.25, 0.3) is 0 Å². The summed E-state index contributed by atoms with van der Waals surface area (Å²) in [6.07, 6.45) is 1.95. The second kappa shape index (κ2) is 8.95. The molecule has 2 amide bonds. The van der Waals surface area contributed by atoms with Crippen LogP contribution >= 0.6 is 0 Å². The summed E-state index contributed by atoms with van der Waals surface area (Å²) in [5.41, 5.74) is 5.26. The zero-order chi connectivity index (χ0) is 15.8. The predicted molar refractivity (Wildman–Crippen MR) is 82.1 cm³/mol. The van der Waals surface area contributed by atoms with Gasteiger partial charge in [-0.25, -0.2) is 0 Å². The minimum Gasteiger partial charge on any atom is -0.356 e. The van der Waals surface area contributed by atoms with Crippen molar-refractivity contribution in [3.8, 4) is 0 Å². The van der Waals surface area contributed by atoms with E-state index >= 15 is 0 Å². The van der Waals surface area contributed by atoms with Crippen LogP contribution in [0, 0.1) is 11.3 Å². The maximum absolute atomic E-state index is 11.8. The fourth-order valence-electron chi connectivity index (χ4n) is 1.80. The Kier molecular flexibility index (Phi) is 8.46. The summed E-state index contributed by atoms with van der Waals surface area (Å²) in [4.78, 5) is 23.4. The monoisotopic (exact) mass is 285 g/mol. The number of rotatable bonds is 8. The standard InChI is InChI=1S/C15H31N3O2/c1-11(2)9-12(10-16)18-13(19)7-6-8-17-14(20)15(3,4)5/h11-12H,6-10,16H2,1-5H3,(H,17,20)(H,18,19). The van der Waals surface area contributed by atoms with Crippen molar-refractivity contribution < 1.29 is 9.59 Å². The van der Waals surface area contributed by atoms with E-state index in [4.69, 9.17) is 5.73 Å². The van der Waals surface area contributed by atoms with E-state index < -0.39 is 0 Å². The molecule has 0 fully saturated rings. The van der Waals surface area contributed by atoms with E-state index in [2.05, 4.69) is 24.5 Å². The van der Waals surface area contributed by atoms with Gasteiger partial charge in [-0.05, 0) is 18.8 Å². The molecular formula is C15H31N3O2. The fourth-order valence-corrected chi connectivity index (χ4v) is 1.80. The second-order valence-corrected chi connectivity index (χ2v) is 6.74. The van der Waals surface area contributed by atoms with Gasteiger partial charge < -0.3 is 16.4 Å². The van der Waals surface area contributed by atoms with E-state index in [-0.39, 0.29) is 23.3 Å². The van der Waals surface area contributed by atoms with E-state index in [0.29, 0.717) is 31.8 Å². The molecule has 0 aromatic rings. The van der Waals surface area contributed by atoms with Crippen LogP contribution in [0.2, 0.25) is 0 Å². The van der Waals surface area contributed by atoms with Crippen LogP contribution in [0.5, 0.6) is 0 Å². The van der Waals surface area contributed by atoms with Gasteiger partial charge in [-0.3, -0.25) is 9.59 Å². The molecule has 1 atom stereocenters. The highest BCUT2D eigenvalue weighted by Gasteiger charge is 2.20. The predicted octanol–water partition coefficient (Wildman–Crippen LogP) is 1.42. The second-order valence-electron chi connectivity index (χ2n) is 6.74. The van der Waals surface area contributed by atoms with E-state index in [9.17, 15) is 9.59 Å². The van der Waals surface area contributed by atoms with Crippen molar-refractivity contribution in [1.82, 2.24) is 10.6 Å². The Bertz CT molecular complexity index is 309. The minimum atomic E-state index is -0.385. The van der Waals surface area contributed by atoms with Gasteiger partial charge in [-0.2, -0.15) is 0 Å². The molecule has 0 aliphatic rings.